The van der Waals surface area contributed by atoms with Crippen LogP contribution in [0.1, 0.15) is 24.0 Å². The quantitative estimate of drug-likeness (QED) is 0.828. The van der Waals surface area contributed by atoms with E-state index in [1.165, 1.54) is 12.8 Å². The van der Waals surface area contributed by atoms with E-state index >= 15 is 0 Å². The summed E-state index contributed by atoms with van der Waals surface area (Å²) in [5.41, 5.74) is 2.43. The Morgan fingerprint density at radius 1 is 1.26 bits per heavy atom. The van der Waals surface area contributed by atoms with Gasteiger partial charge in [-0.25, -0.2) is 4.99 Å². The topological polar surface area (TPSA) is 70.3 Å². The minimum atomic E-state index is 0.132. The van der Waals surface area contributed by atoms with Crippen molar-refractivity contribution in [3.8, 4) is 5.75 Å². The molecule has 5 rings (SSSR count). The molecule has 2 aliphatic heterocycles. The Kier molecular flexibility index (Phi) is 3.89. The van der Waals surface area contributed by atoms with Crippen LogP contribution in [-0.2, 0) is 0 Å². The molecule has 1 aromatic heterocycles. The average molecular weight is 360 g/mol. The van der Waals surface area contributed by atoms with Gasteiger partial charge in [0, 0.05) is 36.1 Å². The Balaban J connectivity index is 1.55. The monoisotopic (exact) mass is 360 g/mol. The number of aliphatic hydroxyl groups is 1. The molecule has 3 heterocycles. The maximum atomic E-state index is 10.5. The first kappa shape index (κ1) is 16.1. The van der Waals surface area contributed by atoms with E-state index in [2.05, 4.69) is 9.98 Å². The molecule has 1 aromatic carbocycles. The molecule has 0 spiro atoms. The van der Waals surface area contributed by atoms with Crippen molar-refractivity contribution in [2.75, 3.05) is 19.7 Å². The number of hydrogen-bond acceptors (Lipinski definition) is 6. The molecular weight excluding hydrogens is 340 g/mol. The molecule has 1 fully saturated rings. The van der Waals surface area contributed by atoms with Gasteiger partial charge in [-0.05, 0) is 43.0 Å². The fourth-order valence-corrected chi connectivity index (χ4v) is 3.33. The van der Waals surface area contributed by atoms with Gasteiger partial charge in [0.05, 0.1) is 13.2 Å². The lowest BCUT2D eigenvalue weighted by molar-refractivity contribution is 0.300. The van der Waals surface area contributed by atoms with E-state index in [-0.39, 0.29) is 5.76 Å². The van der Waals surface area contributed by atoms with Crippen molar-refractivity contribution in [2.45, 2.75) is 12.8 Å². The third-order valence-electron chi connectivity index (χ3n) is 4.98. The third-order valence-corrected chi connectivity index (χ3v) is 4.98. The number of aliphatic hydroxyl groups excluding tert-OH is 1. The molecule has 27 heavy (non-hydrogen) atoms. The Hall–Kier alpha value is -3.15. The molecule has 0 amide bonds. The summed E-state index contributed by atoms with van der Waals surface area (Å²) in [5.74, 6) is 3.14. The third kappa shape index (κ3) is 3.07. The van der Waals surface area contributed by atoms with E-state index in [0.29, 0.717) is 23.9 Å². The van der Waals surface area contributed by atoms with Crippen LogP contribution in [0.4, 0.5) is 5.69 Å². The molecule has 6 heteroatoms. The lowest BCUT2D eigenvalue weighted by Gasteiger charge is -2.27. The molecule has 1 aliphatic carbocycles. The number of fused-ring (bicyclic) bond motifs is 3. The standard InChI is InChI=1S/C21H20N4O2/c26-17(15-3-2-8-22-12-15)11-19-24-20-16(21-23-9-10-25(19)21)4-1-5-18(20)27-13-14-6-7-14/h1-5,8,11-12,14,26H,6-7,9-10,13H2/b17-11-. The average Bonchev–Trinajstić information content (AvgIpc) is 3.40. The highest BCUT2D eigenvalue weighted by atomic mass is 16.5. The first-order chi connectivity index (χ1) is 13.3. The maximum absolute atomic E-state index is 10.5. The molecule has 3 aliphatic rings. The second-order valence-corrected chi connectivity index (χ2v) is 7.00. The van der Waals surface area contributed by atoms with Crippen LogP contribution in [0.15, 0.2) is 58.8 Å². The zero-order chi connectivity index (χ0) is 18.2. The molecule has 2 aromatic rings. The van der Waals surface area contributed by atoms with E-state index < -0.39 is 0 Å². The summed E-state index contributed by atoms with van der Waals surface area (Å²) in [6.45, 7) is 2.19. The van der Waals surface area contributed by atoms with Gasteiger partial charge in [-0.15, -0.1) is 0 Å². The summed E-state index contributed by atoms with van der Waals surface area (Å²) in [5, 5.41) is 10.5. The van der Waals surface area contributed by atoms with Crippen molar-refractivity contribution in [1.82, 2.24) is 9.88 Å². The summed E-state index contributed by atoms with van der Waals surface area (Å²) in [4.78, 5) is 15.6. The van der Waals surface area contributed by atoms with Gasteiger partial charge in [-0.2, -0.15) is 0 Å². The van der Waals surface area contributed by atoms with E-state index in [1.54, 1.807) is 24.5 Å². The molecule has 0 atom stereocenters. The van der Waals surface area contributed by atoms with Gasteiger partial charge in [0.2, 0.25) is 0 Å². The van der Waals surface area contributed by atoms with Gasteiger partial charge in [-0.1, -0.05) is 6.07 Å². The highest BCUT2D eigenvalue weighted by Crippen LogP contribution is 2.39. The van der Waals surface area contributed by atoms with Crippen LogP contribution >= 0.6 is 0 Å². The molecule has 6 nitrogen and oxygen atoms in total. The number of para-hydroxylation sites is 1. The number of aliphatic imine (C=N–C) groups is 2. The van der Waals surface area contributed by atoms with Crippen molar-refractivity contribution in [2.24, 2.45) is 15.9 Å². The van der Waals surface area contributed by atoms with Gasteiger partial charge in [0.1, 0.15) is 28.9 Å². The summed E-state index contributed by atoms with van der Waals surface area (Å²) < 4.78 is 6.04. The Labute approximate surface area is 157 Å². The van der Waals surface area contributed by atoms with E-state index in [0.717, 1.165) is 36.0 Å². The van der Waals surface area contributed by atoms with Crippen LogP contribution in [0.5, 0.6) is 5.75 Å². The van der Waals surface area contributed by atoms with Gasteiger partial charge < -0.3 is 14.7 Å². The van der Waals surface area contributed by atoms with Gasteiger partial charge in [0.15, 0.2) is 0 Å². The number of ether oxygens (including phenoxy) is 1. The SMILES string of the molecule is O/C(=C\C1=Nc2c(OCC3CC3)cccc2C2=NCCN12)c1cccnc1. The van der Waals surface area contributed by atoms with Gasteiger partial charge >= 0.3 is 0 Å². The van der Waals surface area contributed by atoms with Crippen LogP contribution in [0.2, 0.25) is 0 Å². The normalized spacial score (nSPS) is 18.5. The predicted octanol–water partition coefficient (Wildman–Crippen LogP) is 3.58. The zero-order valence-electron chi connectivity index (χ0n) is 14.9. The van der Waals surface area contributed by atoms with Crippen LogP contribution in [0, 0.1) is 5.92 Å². The van der Waals surface area contributed by atoms with Crippen LogP contribution in [-0.4, -0.2) is 46.4 Å². The van der Waals surface area contributed by atoms with Crippen LogP contribution < -0.4 is 4.74 Å². The second-order valence-electron chi connectivity index (χ2n) is 7.00. The zero-order valence-corrected chi connectivity index (χ0v) is 14.9. The molecular formula is C21H20N4O2. The van der Waals surface area contributed by atoms with Gasteiger partial charge in [-0.3, -0.25) is 9.98 Å². The summed E-state index contributed by atoms with van der Waals surface area (Å²) in [6, 6.07) is 9.59. The van der Waals surface area contributed by atoms with Crippen molar-refractivity contribution >= 4 is 23.1 Å². The van der Waals surface area contributed by atoms with Crippen molar-refractivity contribution < 1.29 is 9.84 Å². The van der Waals surface area contributed by atoms with E-state index in [1.807, 2.05) is 29.2 Å². The van der Waals surface area contributed by atoms with Gasteiger partial charge in [0.25, 0.3) is 0 Å². The van der Waals surface area contributed by atoms with Crippen molar-refractivity contribution in [1.29, 1.82) is 0 Å². The molecule has 136 valence electrons. The lowest BCUT2D eigenvalue weighted by Crippen LogP contribution is -2.36. The van der Waals surface area contributed by atoms with Crippen molar-refractivity contribution in [3.63, 3.8) is 0 Å². The lowest BCUT2D eigenvalue weighted by atomic mass is 10.1. The Morgan fingerprint density at radius 3 is 3.00 bits per heavy atom. The fraction of sp³-hybridized carbons (Fsp3) is 0.286. The Morgan fingerprint density at radius 2 is 2.19 bits per heavy atom. The number of pyridine rings is 1. The number of rotatable bonds is 5. The van der Waals surface area contributed by atoms with Crippen LogP contribution in [0.3, 0.4) is 0 Å². The van der Waals surface area contributed by atoms with E-state index in [9.17, 15) is 5.11 Å². The molecule has 0 saturated heterocycles. The Bertz CT molecular complexity index is 961. The summed E-state index contributed by atoms with van der Waals surface area (Å²) in [6.07, 6.45) is 7.47. The number of aromatic nitrogens is 1. The summed E-state index contributed by atoms with van der Waals surface area (Å²) in [7, 11) is 0. The molecule has 0 bridgehead atoms. The smallest absolute Gasteiger partial charge is 0.145 e. The number of hydrogen-bond donors (Lipinski definition) is 1. The molecule has 1 saturated carbocycles. The number of nitrogens with zero attached hydrogens (tertiary/aromatic N) is 4. The molecule has 0 unspecified atom stereocenters. The predicted molar refractivity (Wildman–Crippen MR) is 105 cm³/mol. The summed E-state index contributed by atoms with van der Waals surface area (Å²) >= 11 is 0. The largest absolute Gasteiger partial charge is 0.507 e. The minimum Gasteiger partial charge on any atom is -0.507 e. The van der Waals surface area contributed by atoms with Crippen molar-refractivity contribution in [3.05, 3.63) is 59.9 Å². The minimum absolute atomic E-state index is 0.132. The molecule has 1 N–H and O–H groups in total. The highest BCUT2D eigenvalue weighted by molar-refractivity contribution is 6.20. The number of amidine groups is 2. The maximum Gasteiger partial charge on any atom is 0.145 e. The molecule has 0 radical (unpaired) electrons. The first-order valence-electron chi connectivity index (χ1n) is 9.27. The van der Waals surface area contributed by atoms with Crippen LogP contribution in [0.25, 0.3) is 5.76 Å². The fourth-order valence-electron chi connectivity index (χ4n) is 3.33. The van der Waals surface area contributed by atoms with E-state index in [4.69, 9.17) is 9.73 Å². The first-order valence-corrected chi connectivity index (χ1v) is 9.27. The highest BCUT2D eigenvalue weighted by Gasteiger charge is 2.31. The second kappa shape index (κ2) is 6.54. The number of benzene rings is 1.